The molecule has 0 spiro atoms. The van der Waals surface area contributed by atoms with Gasteiger partial charge in [0.1, 0.15) is 29.0 Å². The molecule has 12 heteroatoms. The molecule has 2 heterocycles. The molecule has 0 saturated carbocycles. The van der Waals surface area contributed by atoms with E-state index in [1.54, 1.807) is 49.4 Å². The van der Waals surface area contributed by atoms with Gasteiger partial charge in [-0.3, -0.25) is 15.3 Å². The second kappa shape index (κ2) is 11.9. The van der Waals surface area contributed by atoms with E-state index in [2.05, 4.69) is 10.6 Å². The summed E-state index contributed by atoms with van der Waals surface area (Å²) in [5.41, 5.74) is 6.43. The molecule has 1 aromatic heterocycles. The molecule has 0 aliphatic carbocycles. The topological polar surface area (TPSA) is 126 Å². The molecule has 3 aromatic carbocycles. The summed E-state index contributed by atoms with van der Waals surface area (Å²) in [5, 5.41) is 16.9. The third kappa shape index (κ3) is 6.28. The number of carbonyl (C=O) groups excluding carboxylic acids is 2. The van der Waals surface area contributed by atoms with Crippen molar-refractivity contribution in [3.8, 4) is 11.3 Å². The van der Waals surface area contributed by atoms with Crippen LogP contribution >= 0.6 is 11.6 Å². The normalized spacial score (nSPS) is 14.2. The highest BCUT2D eigenvalue weighted by Gasteiger charge is 2.38. The van der Waals surface area contributed by atoms with Crippen molar-refractivity contribution >= 4 is 40.6 Å². The molecule has 4 aromatic rings. The number of hydrogen-bond donors (Lipinski definition) is 4. The molecule has 218 valence electrons. The Bertz CT molecular complexity index is 1640. The van der Waals surface area contributed by atoms with Gasteiger partial charge in [-0.1, -0.05) is 42.8 Å². The zero-order valence-corrected chi connectivity index (χ0v) is 23.5. The zero-order valence-electron chi connectivity index (χ0n) is 22.7. The summed E-state index contributed by atoms with van der Waals surface area (Å²) in [6, 6.07) is 16.9. The number of amides is 2. The van der Waals surface area contributed by atoms with Gasteiger partial charge >= 0.3 is 0 Å². The predicted octanol–water partition coefficient (Wildman–Crippen LogP) is 4.81. The number of fused-ring (bicyclic) bond motifs is 1. The van der Waals surface area contributed by atoms with Crippen LogP contribution in [0.1, 0.15) is 24.7 Å². The SMILES string of the molecule is CCC(=O)Nc1ccc(C[C@](N)(O)C(=O)N2CCn3c(nc(-c4cccc(F)c4)c3Nc3ccc(Cl)c(F)c3)C2)cc1. The highest BCUT2D eigenvalue weighted by molar-refractivity contribution is 6.30. The molecule has 0 saturated heterocycles. The fourth-order valence-corrected chi connectivity index (χ4v) is 4.91. The van der Waals surface area contributed by atoms with Crippen LogP contribution in [0.2, 0.25) is 5.02 Å². The van der Waals surface area contributed by atoms with Crippen LogP contribution in [-0.4, -0.2) is 43.6 Å². The van der Waals surface area contributed by atoms with Gasteiger partial charge in [0.25, 0.3) is 5.91 Å². The number of carbonyl (C=O) groups is 2. The van der Waals surface area contributed by atoms with Gasteiger partial charge in [-0.15, -0.1) is 0 Å². The molecule has 42 heavy (non-hydrogen) atoms. The number of imidazole rings is 1. The number of rotatable bonds is 8. The Labute approximate surface area is 245 Å². The molecule has 1 aliphatic heterocycles. The number of nitrogens with zero attached hydrogens (tertiary/aromatic N) is 3. The quantitative estimate of drug-likeness (QED) is 0.217. The smallest absolute Gasteiger partial charge is 0.270 e. The number of hydrogen-bond acceptors (Lipinski definition) is 6. The van der Waals surface area contributed by atoms with Gasteiger partial charge in [-0.2, -0.15) is 0 Å². The summed E-state index contributed by atoms with van der Waals surface area (Å²) in [6.07, 6.45) is 0.191. The minimum atomic E-state index is -2.20. The van der Waals surface area contributed by atoms with E-state index in [9.17, 15) is 23.5 Å². The summed E-state index contributed by atoms with van der Waals surface area (Å²) < 4.78 is 30.1. The molecule has 2 amide bonds. The maximum atomic E-state index is 14.2. The molecule has 1 atom stereocenters. The summed E-state index contributed by atoms with van der Waals surface area (Å²) >= 11 is 5.84. The van der Waals surface area contributed by atoms with E-state index in [0.29, 0.717) is 46.3 Å². The van der Waals surface area contributed by atoms with E-state index in [0.717, 1.165) is 0 Å². The first-order valence-corrected chi connectivity index (χ1v) is 13.7. The van der Waals surface area contributed by atoms with Crippen molar-refractivity contribution in [3.05, 3.63) is 94.8 Å². The summed E-state index contributed by atoms with van der Waals surface area (Å²) in [4.78, 5) is 31.1. The van der Waals surface area contributed by atoms with Crippen molar-refractivity contribution in [3.63, 3.8) is 0 Å². The predicted molar refractivity (Wildman–Crippen MR) is 156 cm³/mol. The van der Waals surface area contributed by atoms with Gasteiger partial charge < -0.3 is 25.2 Å². The van der Waals surface area contributed by atoms with Crippen LogP contribution in [-0.2, 0) is 29.1 Å². The van der Waals surface area contributed by atoms with E-state index >= 15 is 0 Å². The van der Waals surface area contributed by atoms with Crippen LogP contribution in [0.15, 0.2) is 66.7 Å². The van der Waals surface area contributed by atoms with Crippen molar-refractivity contribution in [2.75, 3.05) is 17.2 Å². The van der Waals surface area contributed by atoms with Crippen molar-refractivity contribution in [2.24, 2.45) is 5.73 Å². The molecule has 0 bridgehead atoms. The van der Waals surface area contributed by atoms with E-state index in [1.165, 1.54) is 29.2 Å². The number of aliphatic hydroxyl groups is 1. The van der Waals surface area contributed by atoms with Crippen molar-refractivity contribution in [2.45, 2.75) is 38.6 Å². The van der Waals surface area contributed by atoms with Crippen LogP contribution in [0.5, 0.6) is 0 Å². The molecule has 5 N–H and O–H groups in total. The van der Waals surface area contributed by atoms with Gasteiger partial charge in [-0.05, 0) is 48.0 Å². The number of nitrogens with two attached hydrogens (primary N) is 1. The number of anilines is 3. The Kier molecular flexibility index (Phi) is 8.26. The monoisotopic (exact) mass is 594 g/mol. The van der Waals surface area contributed by atoms with Crippen LogP contribution < -0.4 is 16.4 Å². The number of nitrogens with one attached hydrogen (secondary N) is 2. The molecule has 0 fully saturated rings. The lowest BCUT2D eigenvalue weighted by Gasteiger charge is -2.34. The highest BCUT2D eigenvalue weighted by Crippen LogP contribution is 2.34. The first-order valence-electron chi connectivity index (χ1n) is 13.3. The molecular formula is C30H29ClF2N6O3. The van der Waals surface area contributed by atoms with Gasteiger partial charge in [-0.25, -0.2) is 13.8 Å². The standard InChI is InChI=1S/C30H29ClF2N6O3/c1-2-26(40)35-21-8-6-18(7-9-21)16-30(34,42)29(41)38-12-13-39-25(17-38)37-27(19-4-3-5-20(32)14-19)28(39)36-22-10-11-23(31)24(33)15-22/h3-11,14-15,36,42H,2,12-13,16-17,34H2,1H3,(H,35,40)/t30-/m0/s1. The first kappa shape index (κ1) is 29.2. The maximum absolute atomic E-state index is 14.2. The van der Waals surface area contributed by atoms with Crippen LogP contribution in [0.4, 0.5) is 26.0 Å². The third-order valence-corrected chi connectivity index (χ3v) is 7.25. The van der Waals surface area contributed by atoms with Crippen molar-refractivity contribution in [1.82, 2.24) is 14.5 Å². The lowest BCUT2D eigenvalue weighted by atomic mass is 10.0. The largest absolute Gasteiger partial charge is 0.367 e. The van der Waals surface area contributed by atoms with E-state index in [-0.39, 0.29) is 37.0 Å². The van der Waals surface area contributed by atoms with E-state index < -0.39 is 23.3 Å². The Hall–Kier alpha value is -4.32. The first-order chi connectivity index (χ1) is 20.0. The van der Waals surface area contributed by atoms with Gasteiger partial charge in [0.2, 0.25) is 5.91 Å². The van der Waals surface area contributed by atoms with E-state index in [4.69, 9.17) is 22.3 Å². The molecule has 5 rings (SSSR count). The Morgan fingerprint density at radius 2 is 1.81 bits per heavy atom. The molecule has 0 radical (unpaired) electrons. The number of benzene rings is 3. The van der Waals surface area contributed by atoms with Crippen LogP contribution in [0.3, 0.4) is 0 Å². The van der Waals surface area contributed by atoms with Gasteiger partial charge in [0.15, 0.2) is 5.72 Å². The lowest BCUT2D eigenvalue weighted by Crippen LogP contribution is -2.58. The average molecular weight is 595 g/mol. The zero-order chi connectivity index (χ0) is 30.0. The lowest BCUT2D eigenvalue weighted by molar-refractivity contribution is -0.152. The molecule has 1 aliphatic rings. The summed E-state index contributed by atoms with van der Waals surface area (Å²) in [7, 11) is 0. The molecule has 9 nitrogen and oxygen atoms in total. The van der Waals surface area contributed by atoms with Crippen LogP contribution in [0.25, 0.3) is 11.3 Å². The second-order valence-electron chi connectivity index (χ2n) is 10.1. The average Bonchev–Trinajstić information content (AvgIpc) is 3.32. The summed E-state index contributed by atoms with van der Waals surface area (Å²) in [5.74, 6) is -0.905. The number of halogens is 3. The maximum Gasteiger partial charge on any atom is 0.270 e. The minimum Gasteiger partial charge on any atom is -0.367 e. The van der Waals surface area contributed by atoms with Gasteiger partial charge in [0, 0.05) is 42.9 Å². The highest BCUT2D eigenvalue weighted by atomic mass is 35.5. The Morgan fingerprint density at radius 1 is 1.07 bits per heavy atom. The van der Waals surface area contributed by atoms with E-state index in [1.807, 2.05) is 4.57 Å². The second-order valence-corrected chi connectivity index (χ2v) is 10.5. The van der Waals surface area contributed by atoms with Crippen molar-refractivity contribution in [1.29, 1.82) is 0 Å². The minimum absolute atomic E-state index is 0.0242. The Balaban J connectivity index is 1.38. The molecule has 0 unspecified atom stereocenters. The van der Waals surface area contributed by atoms with Crippen molar-refractivity contribution < 1.29 is 23.5 Å². The van der Waals surface area contributed by atoms with Gasteiger partial charge in [0.05, 0.1) is 11.6 Å². The third-order valence-electron chi connectivity index (χ3n) is 6.94. The summed E-state index contributed by atoms with van der Waals surface area (Å²) in [6.45, 7) is 2.26. The molecular weight excluding hydrogens is 566 g/mol. The number of aromatic nitrogens is 2. The fourth-order valence-electron chi connectivity index (χ4n) is 4.79. The fraction of sp³-hybridized carbons (Fsp3) is 0.233. The Morgan fingerprint density at radius 3 is 2.50 bits per heavy atom. The van der Waals surface area contributed by atoms with Crippen LogP contribution in [0, 0.1) is 11.6 Å².